The van der Waals surface area contributed by atoms with Gasteiger partial charge in [0.15, 0.2) is 0 Å². The summed E-state index contributed by atoms with van der Waals surface area (Å²) in [7, 11) is 0. The highest BCUT2D eigenvalue weighted by Crippen LogP contribution is 2.21. The Morgan fingerprint density at radius 1 is 1.41 bits per heavy atom. The number of para-hydroxylation sites is 2. The van der Waals surface area contributed by atoms with Crippen LogP contribution in [-0.4, -0.2) is 38.4 Å². The number of carbonyl (C=O) groups excluding carboxylic acids is 1. The molecule has 0 saturated heterocycles. The van der Waals surface area contributed by atoms with Gasteiger partial charge in [-0.3, -0.25) is 4.79 Å². The van der Waals surface area contributed by atoms with Crippen LogP contribution in [0.2, 0.25) is 0 Å². The van der Waals surface area contributed by atoms with Crippen molar-refractivity contribution in [1.82, 2.24) is 14.9 Å². The van der Waals surface area contributed by atoms with Gasteiger partial charge in [0.1, 0.15) is 5.82 Å². The molecule has 6 heteroatoms. The normalized spacial score (nSPS) is 14.0. The van der Waals surface area contributed by atoms with Gasteiger partial charge in [0.05, 0.1) is 36.3 Å². The first-order chi connectivity index (χ1) is 10.6. The number of amides is 1. The predicted octanol–water partition coefficient (Wildman–Crippen LogP) is 1.37. The smallest absolute Gasteiger partial charge is 0.220 e. The monoisotopic (exact) mass is 305 g/mol. The lowest BCUT2D eigenvalue weighted by atomic mass is 10.2. The highest BCUT2D eigenvalue weighted by atomic mass is 16.3. The van der Waals surface area contributed by atoms with Crippen molar-refractivity contribution in [1.29, 1.82) is 0 Å². The molecule has 1 amide bonds. The number of aromatic nitrogens is 2. The van der Waals surface area contributed by atoms with Crippen LogP contribution in [0.25, 0.3) is 11.0 Å². The van der Waals surface area contributed by atoms with E-state index in [1.165, 1.54) is 0 Å². The number of nitrogens with one attached hydrogen (secondary N) is 1. The number of aliphatic hydroxyl groups is 2. The van der Waals surface area contributed by atoms with Crippen LogP contribution in [0.5, 0.6) is 0 Å². The predicted molar refractivity (Wildman–Crippen MR) is 84.3 cm³/mol. The van der Waals surface area contributed by atoms with Crippen LogP contribution in [0, 0.1) is 0 Å². The molecule has 2 unspecified atom stereocenters. The van der Waals surface area contributed by atoms with Crippen LogP contribution in [0.15, 0.2) is 24.3 Å². The topological polar surface area (TPSA) is 87.4 Å². The van der Waals surface area contributed by atoms with Gasteiger partial charge < -0.3 is 20.1 Å². The Hall–Kier alpha value is -1.92. The lowest BCUT2D eigenvalue weighted by molar-refractivity contribution is -0.121. The summed E-state index contributed by atoms with van der Waals surface area (Å²) >= 11 is 0. The van der Waals surface area contributed by atoms with Gasteiger partial charge in [-0.2, -0.15) is 0 Å². The maximum absolute atomic E-state index is 11.8. The highest BCUT2D eigenvalue weighted by molar-refractivity contribution is 5.78. The van der Waals surface area contributed by atoms with Crippen molar-refractivity contribution in [3.63, 3.8) is 0 Å². The van der Waals surface area contributed by atoms with Gasteiger partial charge in [-0.25, -0.2) is 4.98 Å². The molecule has 0 aliphatic rings. The molecule has 0 fully saturated rings. The number of imidazole rings is 1. The van der Waals surface area contributed by atoms with Gasteiger partial charge in [0.2, 0.25) is 5.91 Å². The molecule has 0 saturated carbocycles. The molecule has 1 aromatic heterocycles. The number of hydrogen-bond acceptors (Lipinski definition) is 4. The molecule has 3 N–H and O–H groups in total. The SMILES string of the molecule is CCCC(=O)NC(C)c1nc2ccccc2n1CC(O)CO. The van der Waals surface area contributed by atoms with Gasteiger partial charge in [-0.05, 0) is 25.5 Å². The van der Waals surface area contributed by atoms with Crippen LogP contribution < -0.4 is 5.32 Å². The summed E-state index contributed by atoms with van der Waals surface area (Å²) in [5.74, 6) is 0.662. The Kier molecular flexibility index (Phi) is 5.51. The summed E-state index contributed by atoms with van der Waals surface area (Å²) in [6.45, 7) is 3.75. The second-order valence-corrected chi connectivity index (χ2v) is 5.44. The molecule has 0 bridgehead atoms. The van der Waals surface area contributed by atoms with Crippen molar-refractivity contribution in [2.24, 2.45) is 0 Å². The molecule has 22 heavy (non-hydrogen) atoms. The number of fused-ring (bicyclic) bond motifs is 1. The molecule has 120 valence electrons. The van der Waals surface area contributed by atoms with E-state index in [0.717, 1.165) is 17.5 Å². The molecule has 6 nitrogen and oxygen atoms in total. The summed E-state index contributed by atoms with van der Waals surface area (Å²) in [4.78, 5) is 16.4. The van der Waals surface area contributed by atoms with Crippen LogP contribution >= 0.6 is 0 Å². The molecule has 1 aromatic carbocycles. The molecule has 1 heterocycles. The third kappa shape index (κ3) is 3.64. The van der Waals surface area contributed by atoms with E-state index < -0.39 is 6.10 Å². The summed E-state index contributed by atoms with van der Waals surface area (Å²) in [5, 5.41) is 21.8. The van der Waals surface area contributed by atoms with Crippen LogP contribution in [-0.2, 0) is 11.3 Å². The number of carbonyl (C=O) groups is 1. The summed E-state index contributed by atoms with van der Waals surface area (Å²) in [6, 6.07) is 7.33. The first-order valence-electron chi connectivity index (χ1n) is 7.60. The highest BCUT2D eigenvalue weighted by Gasteiger charge is 2.19. The Labute approximate surface area is 129 Å². The second kappa shape index (κ2) is 7.38. The number of aliphatic hydroxyl groups excluding tert-OH is 2. The first-order valence-corrected chi connectivity index (χ1v) is 7.60. The zero-order chi connectivity index (χ0) is 16.1. The van der Waals surface area contributed by atoms with Crippen molar-refractivity contribution >= 4 is 16.9 Å². The molecule has 0 aliphatic carbocycles. The fraction of sp³-hybridized carbons (Fsp3) is 0.500. The van der Waals surface area contributed by atoms with Crippen molar-refractivity contribution < 1.29 is 15.0 Å². The maximum atomic E-state index is 11.8. The van der Waals surface area contributed by atoms with Crippen LogP contribution in [0.1, 0.15) is 38.6 Å². The fourth-order valence-corrected chi connectivity index (χ4v) is 2.49. The van der Waals surface area contributed by atoms with E-state index in [-0.39, 0.29) is 25.1 Å². The van der Waals surface area contributed by atoms with E-state index in [0.29, 0.717) is 12.2 Å². The van der Waals surface area contributed by atoms with E-state index in [1.54, 1.807) is 0 Å². The zero-order valence-electron chi connectivity index (χ0n) is 13.0. The maximum Gasteiger partial charge on any atom is 0.220 e. The van der Waals surface area contributed by atoms with Gasteiger partial charge >= 0.3 is 0 Å². The summed E-state index contributed by atoms with van der Waals surface area (Å²) in [6.07, 6.45) is 0.400. The second-order valence-electron chi connectivity index (χ2n) is 5.44. The standard InChI is InChI=1S/C16H23N3O3/c1-3-6-15(22)17-11(2)16-18-13-7-4-5-8-14(13)19(16)9-12(21)10-20/h4-5,7-8,11-12,20-21H,3,6,9-10H2,1-2H3,(H,17,22). The van der Waals surface area contributed by atoms with E-state index in [4.69, 9.17) is 5.11 Å². The molecular formula is C16H23N3O3. The minimum Gasteiger partial charge on any atom is -0.394 e. The lowest BCUT2D eigenvalue weighted by Crippen LogP contribution is -2.30. The number of hydrogen-bond donors (Lipinski definition) is 3. The minimum absolute atomic E-state index is 0.0173. The third-order valence-corrected chi connectivity index (χ3v) is 3.53. The van der Waals surface area contributed by atoms with Gasteiger partial charge in [0, 0.05) is 6.42 Å². The van der Waals surface area contributed by atoms with Gasteiger partial charge in [0.25, 0.3) is 0 Å². The third-order valence-electron chi connectivity index (χ3n) is 3.53. The number of nitrogens with zero attached hydrogens (tertiary/aromatic N) is 2. The molecular weight excluding hydrogens is 282 g/mol. The van der Waals surface area contributed by atoms with Crippen molar-refractivity contribution in [3.8, 4) is 0 Å². The molecule has 2 atom stereocenters. The number of rotatable bonds is 7. The lowest BCUT2D eigenvalue weighted by Gasteiger charge is -2.18. The average Bonchev–Trinajstić information content (AvgIpc) is 2.86. The molecule has 2 aromatic rings. The Bertz CT molecular complexity index is 639. The van der Waals surface area contributed by atoms with Crippen molar-refractivity contribution in [2.75, 3.05) is 6.61 Å². The Balaban J connectivity index is 2.34. The van der Waals surface area contributed by atoms with Gasteiger partial charge in [-0.15, -0.1) is 0 Å². The van der Waals surface area contributed by atoms with Crippen molar-refractivity contribution in [3.05, 3.63) is 30.1 Å². The zero-order valence-corrected chi connectivity index (χ0v) is 13.0. The van der Waals surface area contributed by atoms with Crippen molar-refractivity contribution in [2.45, 2.75) is 45.4 Å². The fourth-order valence-electron chi connectivity index (χ4n) is 2.49. The van der Waals surface area contributed by atoms with E-state index in [9.17, 15) is 9.90 Å². The Morgan fingerprint density at radius 3 is 2.82 bits per heavy atom. The average molecular weight is 305 g/mol. The van der Waals surface area contributed by atoms with E-state index >= 15 is 0 Å². The molecule has 0 radical (unpaired) electrons. The largest absolute Gasteiger partial charge is 0.394 e. The van der Waals surface area contributed by atoms with E-state index in [2.05, 4.69) is 10.3 Å². The summed E-state index contributed by atoms with van der Waals surface area (Å²) < 4.78 is 1.85. The minimum atomic E-state index is -0.866. The van der Waals surface area contributed by atoms with Crippen LogP contribution in [0.4, 0.5) is 0 Å². The van der Waals surface area contributed by atoms with E-state index in [1.807, 2.05) is 42.7 Å². The first kappa shape index (κ1) is 16.5. The van der Waals surface area contributed by atoms with Gasteiger partial charge in [-0.1, -0.05) is 19.1 Å². The Morgan fingerprint density at radius 2 is 2.14 bits per heavy atom. The van der Waals surface area contributed by atoms with Crippen LogP contribution in [0.3, 0.4) is 0 Å². The molecule has 0 spiro atoms. The molecule has 0 aliphatic heterocycles. The molecule has 2 rings (SSSR count). The quantitative estimate of drug-likeness (QED) is 0.721. The summed E-state index contributed by atoms with van der Waals surface area (Å²) in [5.41, 5.74) is 1.68. The number of benzene rings is 1.